The lowest BCUT2D eigenvalue weighted by atomic mass is 9.97. The van der Waals surface area contributed by atoms with Gasteiger partial charge in [0.25, 0.3) is 0 Å². The first-order chi connectivity index (χ1) is 11.1. The molecule has 0 unspecified atom stereocenters. The Balaban J connectivity index is 1.60. The Morgan fingerprint density at radius 2 is 1.74 bits per heavy atom. The molecule has 6 heteroatoms. The molecule has 0 aliphatic carbocycles. The molecule has 3 rings (SSSR count). The molecule has 1 aromatic carbocycles. The standard InChI is InChI=1S/C17H22FN3O2/c18-14-7-1-2-8-15(14)19-16(22)13-6-5-11-21(12-13)17(23)20-9-3-4-10-20/h1-2,7-8,13H,3-6,9-12H2,(H,19,22)/t13-/m1/s1. The number of piperidine rings is 1. The van der Waals surface area contributed by atoms with E-state index in [-0.39, 0.29) is 23.5 Å². The zero-order chi connectivity index (χ0) is 16.2. The molecule has 124 valence electrons. The zero-order valence-corrected chi connectivity index (χ0v) is 13.1. The third-order valence-corrected chi connectivity index (χ3v) is 4.57. The van der Waals surface area contributed by atoms with Gasteiger partial charge in [0.05, 0.1) is 11.6 Å². The van der Waals surface area contributed by atoms with Crippen LogP contribution in [0.5, 0.6) is 0 Å². The number of nitrogens with one attached hydrogen (secondary N) is 1. The number of carbonyl (C=O) groups is 2. The number of para-hydroxylation sites is 1. The van der Waals surface area contributed by atoms with Crippen LogP contribution >= 0.6 is 0 Å². The summed E-state index contributed by atoms with van der Waals surface area (Å²) in [7, 11) is 0. The molecule has 0 radical (unpaired) electrons. The van der Waals surface area contributed by atoms with E-state index in [0.29, 0.717) is 13.1 Å². The monoisotopic (exact) mass is 319 g/mol. The number of urea groups is 1. The second kappa shape index (κ2) is 6.98. The molecule has 5 nitrogen and oxygen atoms in total. The van der Waals surface area contributed by atoms with Crippen LogP contribution in [0.4, 0.5) is 14.9 Å². The summed E-state index contributed by atoms with van der Waals surface area (Å²) < 4.78 is 13.6. The van der Waals surface area contributed by atoms with Crippen molar-refractivity contribution in [2.24, 2.45) is 5.92 Å². The van der Waals surface area contributed by atoms with Crippen molar-refractivity contribution in [3.8, 4) is 0 Å². The highest BCUT2D eigenvalue weighted by molar-refractivity contribution is 5.93. The molecule has 2 fully saturated rings. The molecule has 2 aliphatic heterocycles. The van der Waals surface area contributed by atoms with E-state index in [2.05, 4.69) is 5.32 Å². The number of hydrogen-bond acceptors (Lipinski definition) is 2. The molecule has 1 aromatic rings. The van der Waals surface area contributed by atoms with E-state index in [9.17, 15) is 14.0 Å². The van der Waals surface area contributed by atoms with Crippen LogP contribution in [0.3, 0.4) is 0 Å². The van der Waals surface area contributed by atoms with Crippen molar-refractivity contribution in [3.63, 3.8) is 0 Å². The molecule has 2 heterocycles. The van der Waals surface area contributed by atoms with Crippen molar-refractivity contribution in [3.05, 3.63) is 30.1 Å². The van der Waals surface area contributed by atoms with Gasteiger partial charge in [-0.15, -0.1) is 0 Å². The maximum atomic E-state index is 13.6. The Morgan fingerprint density at radius 1 is 1.04 bits per heavy atom. The van der Waals surface area contributed by atoms with Crippen molar-refractivity contribution in [2.45, 2.75) is 25.7 Å². The lowest BCUT2D eigenvalue weighted by molar-refractivity contribution is -0.121. The van der Waals surface area contributed by atoms with Gasteiger partial charge in [0, 0.05) is 26.2 Å². The fraction of sp³-hybridized carbons (Fsp3) is 0.529. The Labute approximate surface area is 135 Å². The van der Waals surface area contributed by atoms with Crippen molar-refractivity contribution in [1.29, 1.82) is 0 Å². The summed E-state index contributed by atoms with van der Waals surface area (Å²) in [6.45, 7) is 2.72. The van der Waals surface area contributed by atoms with Gasteiger partial charge < -0.3 is 15.1 Å². The smallest absolute Gasteiger partial charge is 0.320 e. The second-order valence-corrected chi connectivity index (χ2v) is 6.23. The number of hydrogen-bond donors (Lipinski definition) is 1. The van der Waals surface area contributed by atoms with E-state index in [1.165, 1.54) is 6.07 Å². The minimum absolute atomic E-state index is 0.0332. The predicted molar refractivity (Wildman–Crippen MR) is 85.5 cm³/mol. The van der Waals surface area contributed by atoms with Crippen LogP contribution in [0.1, 0.15) is 25.7 Å². The Hall–Kier alpha value is -2.11. The van der Waals surface area contributed by atoms with E-state index in [0.717, 1.165) is 38.8 Å². The van der Waals surface area contributed by atoms with Crippen molar-refractivity contribution in [2.75, 3.05) is 31.5 Å². The van der Waals surface area contributed by atoms with Crippen LogP contribution in [-0.2, 0) is 4.79 Å². The van der Waals surface area contributed by atoms with E-state index >= 15 is 0 Å². The van der Waals surface area contributed by atoms with Gasteiger partial charge in [0.1, 0.15) is 5.82 Å². The highest BCUT2D eigenvalue weighted by Crippen LogP contribution is 2.22. The van der Waals surface area contributed by atoms with Crippen molar-refractivity contribution in [1.82, 2.24) is 9.80 Å². The quantitative estimate of drug-likeness (QED) is 0.911. The molecule has 0 spiro atoms. The number of rotatable bonds is 2. The van der Waals surface area contributed by atoms with Gasteiger partial charge in [-0.3, -0.25) is 4.79 Å². The Bertz CT molecular complexity index is 587. The molecule has 0 saturated carbocycles. The predicted octanol–water partition coefficient (Wildman–Crippen LogP) is 2.69. The Morgan fingerprint density at radius 3 is 2.48 bits per heavy atom. The largest absolute Gasteiger partial charge is 0.325 e. The first-order valence-corrected chi connectivity index (χ1v) is 8.24. The Kier molecular flexibility index (Phi) is 4.79. The normalized spacial score (nSPS) is 21.3. The molecule has 1 N–H and O–H groups in total. The lowest BCUT2D eigenvalue weighted by Gasteiger charge is -2.34. The van der Waals surface area contributed by atoms with E-state index in [1.54, 1.807) is 23.1 Å². The maximum Gasteiger partial charge on any atom is 0.320 e. The van der Waals surface area contributed by atoms with Gasteiger partial charge in [-0.25, -0.2) is 9.18 Å². The molecule has 23 heavy (non-hydrogen) atoms. The molecule has 0 bridgehead atoms. The number of anilines is 1. The summed E-state index contributed by atoms with van der Waals surface area (Å²) in [6.07, 6.45) is 3.63. The molecule has 3 amide bonds. The van der Waals surface area contributed by atoms with Gasteiger partial charge in [-0.2, -0.15) is 0 Å². The highest BCUT2D eigenvalue weighted by Gasteiger charge is 2.31. The van der Waals surface area contributed by atoms with Crippen LogP contribution in [0.25, 0.3) is 0 Å². The summed E-state index contributed by atoms with van der Waals surface area (Å²) in [6, 6.07) is 6.17. The molecule has 2 saturated heterocycles. The SMILES string of the molecule is O=C(Nc1ccccc1F)[C@@H]1CCCN(C(=O)N2CCCC2)C1. The first-order valence-electron chi connectivity index (χ1n) is 8.24. The molecular weight excluding hydrogens is 297 g/mol. The third-order valence-electron chi connectivity index (χ3n) is 4.57. The number of amides is 3. The van der Waals surface area contributed by atoms with E-state index in [1.807, 2.05) is 4.90 Å². The maximum absolute atomic E-state index is 13.6. The average Bonchev–Trinajstić information content (AvgIpc) is 3.11. The van der Waals surface area contributed by atoms with Crippen LogP contribution in [0, 0.1) is 11.7 Å². The van der Waals surface area contributed by atoms with Crippen LogP contribution < -0.4 is 5.32 Å². The number of benzene rings is 1. The van der Waals surface area contributed by atoms with Crippen molar-refractivity contribution < 1.29 is 14.0 Å². The van der Waals surface area contributed by atoms with Gasteiger partial charge in [0.15, 0.2) is 0 Å². The number of halogens is 1. The minimum atomic E-state index is -0.443. The average molecular weight is 319 g/mol. The molecule has 0 aromatic heterocycles. The summed E-state index contributed by atoms with van der Waals surface area (Å²) >= 11 is 0. The van der Waals surface area contributed by atoms with E-state index < -0.39 is 5.82 Å². The summed E-state index contributed by atoms with van der Waals surface area (Å²) in [4.78, 5) is 28.4. The van der Waals surface area contributed by atoms with Gasteiger partial charge in [-0.05, 0) is 37.8 Å². The number of nitrogens with zero attached hydrogens (tertiary/aromatic N) is 2. The van der Waals surface area contributed by atoms with Gasteiger partial charge in [-0.1, -0.05) is 12.1 Å². The minimum Gasteiger partial charge on any atom is -0.325 e. The van der Waals surface area contributed by atoms with Gasteiger partial charge >= 0.3 is 6.03 Å². The van der Waals surface area contributed by atoms with Crippen LogP contribution in [0.15, 0.2) is 24.3 Å². The number of likely N-dealkylation sites (tertiary alicyclic amines) is 2. The molecule has 1 atom stereocenters. The lowest BCUT2D eigenvalue weighted by Crippen LogP contribution is -2.48. The van der Waals surface area contributed by atoms with Crippen LogP contribution in [0.2, 0.25) is 0 Å². The van der Waals surface area contributed by atoms with Gasteiger partial charge in [0.2, 0.25) is 5.91 Å². The second-order valence-electron chi connectivity index (χ2n) is 6.23. The summed E-state index contributed by atoms with van der Waals surface area (Å²) in [5.74, 6) is -0.939. The van der Waals surface area contributed by atoms with Crippen molar-refractivity contribution >= 4 is 17.6 Å². The fourth-order valence-electron chi connectivity index (χ4n) is 3.27. The molecular formula is C17H22FN3O2. The third kappa shape index (κ3) is 3.63. The highest BCUT2D eigenvalue weighted by atomic mass is 19.1. The molecule has 2 aliphatic rings. The summed E-state index contributed by atoms with van der Waals surface area (Å²) in [5.41, 5.74) is 0.195. The first kappa shape index (κ1) is 15.8. The topological polar surface area (TPSA) is 52.7 Å². The summed E-state index contributed by atoms with van der Waals surface area (Å²) in [5, 5.41) is 2.64. The van der Waals surface area contributed by atoms with E-state index in [4.69, 9.17) is 0 Å². The van der Waals surface area contributed by atoms with Crippen LogP contribution in [-0.4, -0.2) is 47.9 Å². The zero-order valence-electron chi connectivity index (χ0n) is 13.1. The number of carbonyl (C=O) groups excluding carboxylic acids is 2. The fourth-order valence-corrected chi connectivity index (χ4v) is 3.27.